The Morgan fingerprint density at radius 1 is 1.05 bits per heavy atom. The van der Waals surface area contributed by atoms with Gasteiger partial charge in [0.05, 0.1) is 20.3 Å². The number of thiophene rings is 1. The van der Waals surface area contributed by atoms with Gasteiger partial charge in [0.2, 0.25) is 0 Å². The maximum Gasteiger partial charge on any atom is 0.252 e. The van der Waals surface area contributed by atoms with Gasteiger partial charge in [-0.25, -0.2) is 12.7 Å². The van der Waals surface area contributed by atoms with Crippen molar-refractivity contribution in [2.45, 2.75) is 48.8 Å². The summed E-state index contributed by atoms with van der Waals surface area (Å²) in [5, 5.41) is 15.3. The molecule has 1 atom stereocenters. The Labute approximate surface area is 253 Å². The van der Waals surface area contributed by atoms with Crippen LogP contribution in [0.25, 0.3) is 10.8 Å². The molecule has 2 aromatic heterocycles. The summed E-state index contributed by atoms with van der Waals surface area (Å²) in [7, 11) is 1.30. The molecule has 1 saturated heterocycles. The van der Waals surface area contributed by atoms with Gasteiger partial charge < -0.3 is 24.0 Å². The molecular formula is C32H41N3O5S2. The van der Waals surface area contributed by atoms with E-state index in [1.54, 1.807) is 38.8 Å². The molecule has 0 aliphatic carbocycles. The lowest BCUT2D eigenvalue weighted by Gasteiger charge is -2.31. The molecule has 0 radical (unpaired) electrons. The Kier molecular flexibility index (Phi) is 9.47. The van der Waals surface area contributed by atoms with Crippen LogP contribution in [0, 0.1) is 0 Å². The fourth-order valence-corrected chi connectivity index (χ4v) is 8.54. The molecule has 1 aliphatic rings. The van der Waals surface area contributed by atoms with E-state index in [9.17, 15) is 13.5 Å². The number of benzene rings is 2. The molecule has 8 nitrogen and oxygen atoms in total. The minimum absolute atomic E-state index is 0.220. The molecule has 3 heterocycles. The van der Waals surface area contributed by atoms with Crippen molar-refractivity contribution in [2.75, 3.05) is 47.4 Å². The third kappa shape index (κ3) is 6.04. The predicted octanol–water partition coefficient (Wildman–Crippen LogP) is 6.32. The standard InChI is InChI=1S/C32H41N3O5S2/c1-5-34-18-15-23(16-19-34)25-9-6-10-26-27(25)22-35(32(26)36)28(24-13-14-29(39-3)30(21-24)40-4)11-7-17-33(2)42(37,38)31-12-8-20-41-31/h6,8-10,12-14,20-23,28,36H,5,7,11,15-19H2,1-4H3/t28-/m1/s1. The maximum absolute atomic E-state index is 13.0. The number of aromatic hydroxyl groups is 1. The second-order valence-electron chi connectivity index (χ2n) is 10.9. The average Bonchev–Trinajstić information content (AvgIpc) is 3.68. The van der Waals surface area contributed by atoms with Crippen LogP contribution in [0.15, 0.2) is 64.3 Å². The molecule has 1 aliphatic heterocycles. The number of rotatable bonds is 12. The van der Waals surface area contributed by atoms with Crippen LogP contribution in [0.3, 0.4) is 0 Å². The summed E-state index contributed by atoms with van der Waals surface area (Å²) < 4.78 is 40.8. The van der Waals surface area contributed by atoms with E-state index in [1.165, 1.54) is 21.2 Å². The van der Waals surface area contributed by atoms with E-state index in [0.29, 0.717) is 41.0 Å². The number of fused-ring (bicyclic) bond motifs is 1. The zero-order valence-corrected chi connectivity index (χ0v) is 26.5. The number of nitrogens with zero attached hydrogens (tertiary/aromatic N) is 3. The molecule has 1 N–H and O–H groups in total. The van der Waals surface area contributed by atoms with Crippen molar-refractivity contribution < 1.29 is 23.0 Å². The van der Waals surface area contributed by atoms with Gasteiger partial charge in [-0.3, -0.25) is 0 Å². The van der Waals surface area contributed by atoms with Crippen LogP contribution >= 0.6 is 11.3 Å². The Bertz CT molecular complexity index is 1590. The van der Waals surface area contributed by atoms with Crippen LogP contribution in [-0.2, 0) is 10.0 Å². The number of ether oxygens (including phenoxy) is 2. The minimum Gasteiger partial charge on any atom is -0.494 e. The Hall–Kier alpha value is -3.05. The van der Waals surface area contributed by atoms with Gasteiger partial charge in [-0.1, -0.05) is 31.2 Å². The topological polar surface area (TPSA) is 84.2 Å². The number of methoxy groups -OCH3 is 2. The molecule has 0 saturated carbocycles. The molecule has 4 aromatic rings. The van der Waals surface area contributed by atoms with Gasteiger partial charge in [0.25, 0.3) is 10.0 Å². The number of hydrogen-bond donors (Lipinski definition) is 1. The fraction of sp³-hybridized carbons (Fsp3) is 0.438. The van der Waals surface area contributed by atoms with E-state index >= 15 is 0 Å². The molecular weight excluding hydrogens is 571 g/mol. The second-order valence-corrected chi connectivity index (χ2v) is 14.1. The predicted molar refractivity (Wildman–Crippen MR) is 169 cm³/mol. The van der Waals surface area contributed by atoms with Gasteiger partial charge in [0.15, 0.2) is 17.4 Å². The van der Waals surface area contributed by atoms with Crippen molar-refractivity contribution in [1.29, 1.82) is 0 Å². The molecule has 0 spiro atoms. The summed E-state index contributed by atoms with van der Waals surface area (Å²) in [6, 6.07) is 15.2. The lowest BCUT2D eigenvalue weighted by Crippen LogP contribution is -2.32. The quantitative estimate of drug-likeness (QED) is 0.202. The number of likely N-dealkylation sites (tertiary alicyclic amines) is 1. The highest BCUT2D eigenvalue weighted by molar-refractivity contribution is 7.91. The van der Waals surface area contributed by atoms with Gasteiger partial charge >= 0.3 is 0 Å². The average molecular weight is 612 g/mol. The Morgan fingerprint density at radius 3 is 2.48 bits per heavy atom. The summed E-state index contributed by atoms with van der Waals surface area (Å²) in [6.07, 6.45) is 5.49. The van der Waals surface area contributed by atoms with Gasteiger partial charge in [0, 0.05) is 30.6 Å². The minimum atomic E-state index is -3.54. The number of piperidine rings is 1. The third-order valence-electron chi connectivity index (χ3n) is 8.61. The molecule has 0 bridgehead atoms. The van der Waals surface area contributed by atoms with Gasteiger partial charge in [0.1, 0.15) is 4.21 Å². The molecule has 226 valence electrons. The molecule has 42 heavy (non-hydrogen) atoms. The van der Waals surface area contributed by atoms with Crippen LogP contribution in [0.1, 0.15) is 55.7 Å². The molecule has 0 unspecified atom stereocenters. The van der Waals surface area contributed by atoms with Crippen LogP contribution in [0.4, 0.5) is 0 Å². The van der Waals surface area contributed by atoms with Crippen LogP contribution in [0.5, 0.6) is 17.4 Å². The van der Waals surface area contributed by atoms with Gasteiger partial charge in [-0.15, -0.1) is 11.3 Å². The maximum atomic E-state index is 13.0. The summed E-state index contributed by atoms with van der Waals surface area (Å²) in [6.45, 7) is 5.81. The summed E-state index contributed by atoms with van der Waals surface area (Å²) in [5.41, 5.74) is 2.23. The Morgan fingerprint density at radius 2 is 1.81 bits per heavy atom. The zero-order valence-electron chi connectivity index (χ0n) is 24.8. The monoisotopic (exact) mass is 611 g/mol. The van der Waals surface area contributed by atoms with E-state index in [1.807, 2.05) is 34.9 Å². The number of hydrogen-bond acceptors (Lipinski definition) is 7. The highest BCUT2D eigenvalue weighted by Crippen LogP contribution is 2.41. The van der Waals surface area contributed by atoms with Crippen molar-refractivity contribution in [3.05, 3.63) is 71.2 Å². The SMILES string of the molecule is CCN1CCC(c2cccc3c(O)n([C@H](CCCN(C)S(=O)(=O)c4cccs4)c4ccc(OC)c(OC)c4)cc23)CC1. The van der Waals surface area contributed by atoms with Crippen molar-refractivity contribution in [3.63, 3.8) is 0 Å². The smallest absolute Gasteiger partial charge is 0.252 e. The largest absolute Gasteiger partial charge is 0.494 e. The summed E-state index contributed by atoms with van der Waals surface area (Å²) >= 11 is 1.22. The van der Waals surface area contributed by atoms with Gasteiger partial charge in [-0.05, 0) is 92.0 Å². The molecule has 1 fully saturated rings. The summed E-state index contributed by atoms with van der Waals surface area (Å²) in [4.78, 5) is 2.49. The van der Waals surface area contributed by atoms with Crippen molar-refractivity contribution in [2.24, 2.45) is 0 Å². The van der Waals surface area contributed by atoms with E-state index in [4.69, 9.17) is 9.47 Å². The lowest BCUT2D eigenvalue weighted by atomic mass is 9.87. The third-order valence-corrected chi connectivity index (χ3v) is 11.8. The van der Waals surface area contributed by atoms with Crippen LogP contribution in [-0.4, -0.2) is 74.7 Å². The van der Waals surface area contributed by atoms with Crippen molar-refractivity contribution >= 4 is 32.1 Å². The second kappa shape index (κ2) is 13.1. The van der Waals surface area contributed by atoms with Crippen molar-refractivity contribution in [3.8, 4) is 17.4 Å². The first-order chi connectivity index (χ1) is 20.3. The normalized spacial score (nSPS) is 15.8. The first kappa shape index (κ1) is 30.4. The zero-order chi connectivity index (χ0) is 29.9. The number of aromatic nitrogens is 1. The molecule has 5 rings (SSSR count). The van der Waals surface area contributed by atoms with E-state index in [-0.39, 0.29) is 11.9 Å². The van der Waals surface area contributed by atoms with Crippen LogP contribution in [0.2, 0.25) is 0 Å². The highest BCUT2D eigenvalue weighted by atomic mass is 32.2. The molecule has 2 aromatic carbocycles. The fourth-order valence-electron chi connectivity index (χ4n) is 6.13. The first-order valence-corrected chi connectivity index (χ1v) is 16.9. The van der Waals surface area contributed by atoms with Crippen LogP contribution < -0.4 is 9.47 Å². The number of sulfonamides is 1. The first-order valence-electron chi connectivity index (χ1n) is 14.5. The van der Waals surface area contributed by atoms with E-state index in [0.717, 1.165) is 48.8 Å². The lowest BCUT2D eigenvalue weighted by molar-refractivity contribution is 0.223. The Balaban J connectivity index is 1.48. The van der Waals surface area contributed by atoms with Gasteiger partial charge in [-0.2, -0.15) is 0 Å². The summed E-state index contributed by atoms with van der Waals surface area (Å²) in [5.74, 6) is 1.90. The van der Waals surface area contributed by atoms with Crippen molar-refractivity contribution in [1.82, 2.24) is 13.8 Å². The molecule has 10 heteroatoms. The highest BCUT2D eigenvalue weighted by Gasteiger charge is 2.27. The molecule has 0 amide bonds. The van der Waals surface area contributed by atoms with E-state index < -0.39 is 10.0 Å². The van der Waals surface area contributed by atoms with E-state index in [2.05, 4.69) is 24.1 Å².